The highest BCUT2D eigenvalue weighted by Crippen LogP contribution is 2.32. The molecule has 212 valence electrons. The average molecular weight is 555 g/mol. The Labute approximate surface area is 238 Å². The summed E-state index contributed by atoms with van der Waals surface area (Å²) >= 11 is 0. The Balaban J connectivity index is 1.23. The first-order valence-corrected chi connectivity index (χ1v) is 13.9. The van der Waals surface area contributed by atoms with E-state index in [0.717, 1.165) is 46.8 Å². The van der Waals surface area contributed by atoms with Crippen LogP contribution in [0.2, 0.25) is 0 Å². The Hall–Kier alpha value is -4.48. The molecule has 11 nitrogen and oxygen atoms in total. The molecule has 2 aliphatic heterocycles. The van der Waals surface area contributed by atoms with E-state index in [0.29, 0.717) is 50.8 Å². The van der Waals surface area contributed by atoms with Crippen molar-refractivity contribution in [3.05, 3.63) is 72.3 Å². The fourth-order valence-electron chi connectivity index (χ4n) is 5.24. The standard InChI is InChI=1S/C30H34N8O3/c1-21-24(4-3-5-25(21)34-30(40)37-12-10-35(2)11-13-37)23-18-26(28-31-8-9-38(28)20-23)33-27-7-6-22(19-32-27)29(39)36-14-16-41-17-15-36/h3-9,18-20H,10-17H2,1-2H3,(H,32,33)(H,34,40). The fraction of sp³-hybridized carbons (Fsp3) is 0.333. The van der Waals surface area contributed by atoms with Gasteiger partial charge in [0.2, 0.25) is 0 Å². The van der Waals surface area contributed by atoms with Crippen LogP contribution in [0.25, 0.3) is 16.8 Å². The number of likely N-dealkylation sites (N-methyl/N-ethyl adjacent to an activating group) is 1. The first-order valence-electron chi connectivity index (χ1n) is 13.9. The lowest BCUT2D eigenvalue weighted by atomic mass is 10.00. The molecule has 6 rings (SSSR count). The van der Waals surface area contributed by atoms with Crippen molar-refractivity contribution in [3.63, 3.8) is 0 Å². The maximum Gasteiger partial charge on any atom is 0.321 e. The molecule has 1 aromatic carbocycles. The van der Waals surface area contributed by atoms with E-state index in [1.54, 1.807) is 29.4 Å². The van der Waals surface area contributed by atoms with Gasteiger partial charge < -0.3 is 34.5 Å². The van der Waals surface area contributed by atoms with Crippen molar-refractivity contribution >= 4 is 34.8 Å². The van der Waals surface area contributed by atoms with Gasteiger partial charge in [-0.1, -0.05) is 12.1 Å². The Bertz CT molecular complexity index is 1550. The molecule has 4 aromatic rings. The molecule has 0 unspecified atom stereocenters. The van der Waals surface area contributed by atoms with Crippen LogP contribution < -0.4 is 10.6 Å². The van der Waals surface area contributed by atoms with Crippen LogP contribution in [-0.2, 0) is 4.74 Å². The number of morpholine rings is 1. The van der Waals surface area contributed by atoms with E-state index in [2.05, 4.69) is 32.5 Å². The lowest BCUT2D eigenvalue weighted by Crippen LogP contribution is -2.48. The van der Waals surface area contributed by atoms with Crippen molar-refractivity contribution < 1.29 is 14.3 Å². The highest BCUT2D eigenvalue weighted by atomic mass is 16.5. The maximum atomic E-state index is 13.0. The molecule has 2 N–H and O–H groups in total. The Morgan fingerprint density at radius 2 is 1.73 bits per heavy atom. The average Bonchev–Trinajstić information content (AvgIpc) is 3.48. The molecule has 0 spiro atoms. The number of hydrogen-bond acceptors (Lipinski definition) is 7. The van der Waals surface area contributed by atoms with Crippen LogP contribution in [0.3, 0.4) is 0 Å². The molecular formula is C30H34N8O3. The topological polar surface area (TPSA) is 107 Å². The number of nitrogens with zero attached hydrogens (tertiary/aromatic N) is 6. The van der Waals surface area contributed by atoms with Crippen molar-refractivity contribution in [2.24, 2.45) is 0 Å². The molecule has 41 heavy (non-hydrogen) atoms. The molecule has 0 aliphatic carbocycles. The zero-order valence-corrected chi connectivity index (χ0v) is 23.3. The molecule has 5 heterocycles. The zero-order chi connectivity index (χ0) is 28.3. The largest absolute Gasteiger partial charge is 0.378 e. The van der Waals surface area contributed by atoms with Crippen LogP contribution in [0.15, 0.2) is 61.2 Å². The van der Waals surface area contributed by atoms with Gasteiger partial charge in [-0.15, -0.1) is 0 Å². The third-order valence-electron chi connectivity index (χ3n) is 7.74. The molecule has 2 saturated heterocycles. The molecule has 3 amide bonds. The monoisotopic (exact) mass is 554 g/mol. The Morgan fingerprint density at radius 3 is 2.49 bits per heavy atom. The van der Waals surface area contributed by atoms with Crippen LogP contribution in [0.1, 0.15) is 15.9 Å². The maximum absolute atomic E-state index is 13.0. The predicted molar refractivity (Wildman–Crippen MR) is 158 cm³/mol. The predicted octanol–water partition coefficient (Wildman–Crippen LogP) is 3.70. The van der Waals surface area contributed by atoms with E-state index in [1.165, 1.54) is 0 Å². The molecule has 0 saturated carbocycles. The number of fused-ring (bicyclic) bond motifs is 1. The zero-order valence-electron chi connectivity index (χ0n) is 23.3. The van der Waals surface area contributed by atoms with E-state index >= 15 is 0 Å². The van der Waals surface area contributed by atoms with Crippen molar-refractivity contribution in [2.75, 3.05) is 70.2 Å². The lowest BCUT2D eigenvalue weighted by Gasteiger charge is -2.32. The number of ether oxygens (including phenoxy) is 1. The number of rotatable bonds is 5. The summed E-state index contributed by atoms with van der Waals surface area (Å²) in [7, 11) is 2.07. The summed E-state index contributed by atoms with van der Waals surface area (Å²) in [6.07, 6.45) is 7.28. The molecule has 0 bridgehead atoms. The number of aromatic nitrogens is 3. The number of anilines is 3. The number of amides is 3. The summed E-state index contributed by atoms with van der Waals surface area (Å²) in [4.78, 5) is 40.7. The van der Waals surface area contributed by atoms with E-state index in [9.17, 15) is 9.59 Å². The molecule has 2 aliphatic rings. The minimum Gasteiger partial charge on any atom is -0.378 e. The van der Waals surface area contributed by atoms with Gasteiger partial charge in [0.1, 0.15) is 5.82 Å². The summed E-state index contributed by atoms with van der Waals surface area (Å²) in [5.74, 6) is 0.565. The van der Waals surface area contributed by atoms with Crippen molar-refractivity contribution in [1.29, 1.82) is 0 Å². The summed E-state index contributed by atoms with van der Waals surface area (Å²) in [6.45, 7) is 7.47. The third-order valence-corrected chi connectivity index (χ3v) is 7.74. The number of imidazole rings is 1. The fourth-order valence-corrected chi connectivity index (χ4v) is 5.24. The minimum absolute atomic E-state index is 0.0416. The smallest absolute Gasteiger partial charge is 0.321 e. The second-order valence-electron chi connectivity index (χ2n) is 10.5. The number of nitrogens with one attached hydrogen (secondary N) is 2. The van der Waals surface area contributed by atoms with Crippen LogP contribution in [-0.4, -0.2) is 101 Å². The van der Waals surface area contributed by atoms with Gasteiger partial charge in [-0.25, -0.2) is 14.8 Å². The van der Waals surface area contributed by atoms with Gasteiger partial charge in [0.15, 0.2) is 5.65 Å². The summed E-state index contributed by atoms with van der Waals surface area (Å²) < 4.78 is 7.31. The van der Waals surface area contributed by atoms with Crippen LogP contribution in [0.5, 0.6) is 0 Å². The first-order chi connectivity index (χ1) is 20.0. The van der Waals surface area contributed by atoms with Crippen molar-refractivity contribution in [1.82, 2.24) is 29.1 Å². The second kappa shape index (κ2) is 11.6. The minimum atomic E-state index is -0.0765. The van der Waals surface area contributed by atoms with Gasteiger partial charge in [-0.05, 0) is 49.4 Å². The first kappa shape index (κ1) is 26.7. The van der Waals surface area contributed by atoms with Gasteiger partial charge >= 0.3 is 6.03 Å². The second-order valence-corrected chi connectivity index (χ2v) is 10.5. The molecule has 11 heteroatoms. The number of hydrogen-bond donors (Lipinski definition) is 2. The molecule has 3 aromatic heterocycles. The van der Waals surface area contributed by atoms with E-state index in [-0.39, 0.29) is 11.9 Å². The van der Waals surface area contributed by atoms with Gasteiger partial charge in [0, 0.05) is 75.3 Å². The van der Waals surface area contributed by atoms with E-state index in [1.807, 2.05) is 52.9 Å². The third kappa shape index (κ3) is 5.72. The number of urea groups is 1. The normalized spacial score (nSPS) is 16.1. The van der Waals surface area contributed by atoms with Gasteiger partial charge in [-0.3, -0.25) is 4.79 Å². The number of carbonyl (C=O) groups excluding carboxylic acids is 2. The SMILES string of the molecule is Cc1c(NC(=O)N2CCN(C)CC2)cccc1-c1cc(Nc2ccc(C(=O)N3CCOCC3)cn2)c2nccn2c1. The van der Waals surface area contributed by atoms with Crippen LogP contribution in [0, 0.1) is 6.92 Å². The van der Waals surface area contributed by atoms with Crippen LogP contribution >= 0.6 is 0 Å². The summed E-state index contributed by atoms with van der Waals surface area (Å²) in [5, 5.41) is 6.50. The molecule has 2 fully saturated rings. The highest BCUT2D eigenvalue weighted by molar-refractivity contribution is 5.94. The van der Waals surface area contributed by atoms with Crippen molar-refractivity contribution in [3.8, 4) is 11.1 Å². The van der Waals surface area contributed by atoms with Gasteiger partial charge in [0.05, 0.1) is 24.5 Å². The lowest BCUT2D eigenvalue weighted by molar-refractivity contribution is 0.0302. The van der Waals surface area contributed by atoms with Gasteiger partial charge in [-0.2, -0.15) is 0 Å². The molecule has 0 atom stereocenters. The quantitative estimate of drug-likeness (QED) is 0.387. The number of benzene rings is 1. The summed E-state index contributed by atoms with van der Waals surface area (Å²) in [5.41, 5.74) is 5.80. The molecular weight excluding hydrogens is 520 g/mol. The van der Waals surface area contributed by atoms with Crippen LogP contribution in [0.4, 0.5) is 22.0 Å². The summed E-state index contributed by atoms with van der Waals surface area (Å²) in [6, 6.07) is 11.5. The van der Waals surface area contributed by atoms with E-state index in [4.69, 9.17) is 4.74 Å². The highest BCUT2D eigenvalue weighted by Gasteiger charge is 2.21. The van der Waals surface area contributed by atoms with Crippen molar-refractivity contribution in [2.45, 2.75) is 6.92 Å². The molecule has 0 radical (unpaired) electrons. The number of carbonyl (C=O) groups is 2. The van der Waals surface area contributed by atoms with Gasteiger partial charge in [0.25, 0.3) is 5.91 Å². The van der Waals surface area contributed by atoms with E-state index < -0.39 is 0 Å². The Kier molecular flexibility index (Phi) is 7.53. The Morgan fingerprint density at radius 1 is 0.927 bits per heavy atom. The number of piperazine rings is 1. The number of pyridine rings is 2.